The first-order valence-corrected chi connectivity index (χ1v) is 11.6. The highest BCUT2D eigenvalue weighted by Crippen LogP contribution is 2.29. The normalized spacial score (nSPS) is 17.1. The van der Waals surface area contributed by atoms with Crippen molar-refractivity contribution in [3.63, 3.8) is 0 Å². The first-order valence-electron chi connectivity index (χ1n) is 11.2. The Hall–Kier alpha value is -2.86. The molecular formula is C27H28ClNO4. The molecule has 1 aliphatic rings. The highest BCUT2D eigenvalue weighted by molar-refractivity contribution is 6.30. The summed E-state index contributed by atoms with van der Waals surface area (Å²) in [4.78, 5) is 11.0. The van der Waals surface area contributed by atoms with Crippen molar-refractivity contribution in [1.82, 2.24) is 5.32 Å². The lowest BCUT2D eigenvalue weighted by Crippen LogP contribution is -2.37. The van der Waals surface area contributed by atoms with Crippen molar-refractivity contribution in [2.75, 3.05) is 6.54 Å². The maximum absolute atomic E-state index is 11.0. The molecule has 6 heteroatoms. The number of aliphatic hydroxyl groups excluding tert-OH is 1. The maximum atomic E-state index is 11.0. The standard InChI is InChI=1S/C27H28ClNO4/c1-17(18-5-7-20(8-6-18)27(31)32)33-25-12-10-19-9-11-24(14-22(19)15-25)29-16-26(30)21-3-2-4-23(28)13-21/h2-8,10,12-13,15,17,24,26,29-30H,9,11,14,16H2,1H3,(H,31,32)/t17?,24-,26-/m0/s1. The molecule has 172 valence electrons. The van der Waals surface area contributed by atoms with Gasteiger partial charge in [-0.25, -0.2) is 4.79 Å². The van der Waals surface area contributed by atoms with Gasteiger partial charge in [-0.15, -0.1) is 0 Å². The number of carbonyl (C=O) groups is 1. The summed E-state index contributed by atoms with van der Waals surface area (Å²) >= 11 is 6.04. The molecule has 5 nitrogen and oxygen atoms in total. The van der Waals surface area contributed by atoms with E-state index in [1.807, 2.05) is 25.1 Å². The largest absolute Gasteiger partial charge is 0.486 e. The number of ether oxygens (including phenoxy) is 1. The van der Waals surface area contributed by atoms with Gasteiger partial charge in [0.2, 0.25) is 0 Å². The van der Waals surface area contributed by atoms with E-state index in [9.17, 15) is 9.90 Å². The fraction of sp³-hybridized carbons (Fsp3) is 0.296. The molecule has 0 spiro atoms. The summed E-state index contributed by atoms with van der Waals surface area (Å²) in [5.74, 6) is -0.142. The molecular weight excluding hydrogens is 438 g/mol. The lowest BCUT2D eigenvalue weighted by molar-refractivity contribution is 0.0696. The van der Waals surface area contributed by atoms with Gasteiger partial charge in [-0.05, 0) is 84.8 Å². The number of fused-ring (bicyclic) bond motifs is 1. The molecule has 0 bridgehead atoms. The van der Waals surface area contributed by atoms with Crippen molar-refractivity contribution in [2.45, 2.75) is 44.4 Å². The third-order valence-electron chi connectivity index (χ3n) is 6.18. The minimum absolute atomic E-state index is 0.198. The number of nitrogens with one attached hydrogen (secondary N) is 1. The van der Waals surface area contributed by atoms with Crippen molar-refractivity contribution in [3.8, 4) is 5.75 Å². The molecule has 0 amide bonds. The zero-order valence-corrected chi connectivity index (χ0v) is 19.3. The van der Waals surface area contributed by atoms with E-state index in [0.29, 0.717) is 11.6 Å². The molecule has 4 rings (SSSR count). The third-order valence-corrected chi connectivity index (χ3v) is 6.41. The smallest absolute Gasteiger partial charge is 0.335 e. The number of hydrogen-bond acceptors (Lipinski definition) is 4. The van der Waals surface area contributed by atoms with Gasteiger partial charge in [0, 0.05) is 17.6 Å². The maximum Gasteiger partial charge on any atom is 0.335 e. The Balaban J connectivity index is 1.36. The summed E-state index contributed by atoms with van der Waals surface area (Å²) in [6.45, 7) is 2.43. The molecule has 0 fully saturated rings. The topological polar surface area (TPSA) is 78.8 Å². The SMILES string of the molecule is CC(Oc1ccc2c(c1)C[C@@H](NC[C@H](O)c1cccc(Cl)c1)CC2)c1ccc(C(=O)O)cc1. The van der Waals surface area contributed by atoms with Crippen molar-refractivity contribution < 1.29 is 19.7 Å². The molecule has 0 aromatic heterocycles. The van der Waals surface area contributed by atoms with E-state index in [-0.39, 0.29) is 17.7 Å². The summed E-state index contributed by atoms with van der Waals surface area (Å²) in [7, 11) is 0. The first kappa shape index (κ1) is 23.3. The van der Waals surface area contributed by atoms with Gasteiger partial charge < -0.3 is 20.3 Å². The number of hydrogen-bond donors (Lipinski definition) is 3. The van der Waals surface area contributed by atoms with E-state index < -0.39 is 12.1 Å². The minimum Gasteiger partial charge on any atom is -0.486 e. The second-order valence-corrected chi connectivity index (χ2v) is 8.97. The lowest BCUT2D eigenvalue weighted by atomic mass is 9.88. The predicted octanol–water partition coefficient (Wildman–Crippen LogP) is 5.36. The molecule has 3 N–H and O–H groups in total. The van der Waals surface area contributed by atoms with Crippen LogP contribution in [0.1, 0.15) is 58.2 Å². The fourth-order valence-electron chi connectivity index (χ4n) is 4.26. The van der Waals surface area contributed by atoms with E-state index in [0.717, 1.165) is 36.1 Å². The number of carboxylic acid groups (broad SMARTS) is 1. The van der Waals surface area contributed by atoms with Gasteiger partial charge in [-0.1, -0.05) is 41.9 Å². The highest BCUT2D eigenvalue weighted by Gasteiger charge is 2.21. The summed E-state index contributed by atoms with van der Waals surface area (Å²) < 4.78 is 6.15. The Morgan fingerprint density at radius 2 is 1.88 bits per heavy atom. The quantitative estimate of drug-likeness (QED) is 0.417. The van der Waals surface area contributed by atoms with E-state index in [4.69, 9.17) is 21.4 Å². The van der Waals surface area contributed by atoms with Crippen LogP contribution in [0, 0.1) is 0 Å². The number of halogens is 1. The minimum atomic E-state index is -0.937. The molecule has 3 aromatic carbocycles. The van der Waals surface area contributed by atoms with Crippen LogP contribution in [0.5, 0.6) is 5.75 Å². The second kappa shape index (κ2) is 10.4. The first-order chi connectivity index (χ1) is 15.9. The predicted molar refractivity (Wildman–Crippen MR) is 129 cm³/mol. The van der Waals surface area contributed by atoms with Gasteiger partial charge in [0.25, 0.3) is 0 Å². The number of rotatable bonds is 8. The van der Waals surface area contributed by atoms with Gasteiger partial charge in [-0.3, -0.25) is 0 Å². The molecule has 0 radical (unpaired) electrons. The number of aromatic carboxylic acids is 1. The van der Waals surface area contributed by atoms with E-state index in [1.54, 1.807) is 36.4 Å². The van der Waals surface area contributed by atoms with Gasteiger partial charge in [0.15, 0.2) is 0 Å². The van der Waals surface area contributed by atoms with Crippen LogP contribution in [0.4, 0.5) is 0 Å². The molecule has 33 heavy (non-hydrogen) atoms. The number of benzene rings is 3. The third kappa shape index (κ3) is 5.93. The van der Waals surface area contributed by atoms with Gasteiger partial charge in [-0.2, -0.15) is 0 Å². The van der Waals surface area contributed by atoms with Crippen LogP contribution in [0.15, 0.2) is 66.7 Å². The van der Waals surface area contributed by atoms with Gasteiger partial charge in [0.1, 0.15) is 11.9 Å². The Morgan fingerprint density at radius 3 is 2.61 bits per heavy atom. The number of aryl methyl sites for hydroxylation is 1. The monoisotopic (exact) mass is 465 g/mol. The Morgan fingerprint density at radius 1 is 1.09 bits per heavy atom. The average Bonchev–Trinajstić information content (AvgIpc) is 2.82. The van der Waals surface area contributed by atoms with Crippen LogP contribution >= 0.6 is 11.6 Å². The van der Waals surface area contributed by atoms with Gasteiger partial charge in [0.05, 0.1) is 11.7 Å². The fourth-order valence-corrected chi connectivity index (χ4v) is 4.46. The molecule has 0 saturated carbocycles. The zero-order valence-electron chi connectivity index (χ0n) is 18.5. The Kier molecular flexibility index (Phi) is 7.33. The van der Waals surface area contributed by atoms with E-state index in [1.165, 1.54) is 11.1 Å². The molecule has 3 atom stereocenters. The summed E-state index contributed by atoms with van der Waals surface area (Å²) in [6, 6.07) is 20.6. The molecule has 0 heterocycles. The van der Waals surface area contributed by atoms with Crippen LogP contribution < -0.4 is 10.1 Å². The zero-order chi connectivity index (χ0) is 23.4. The summed E-state index contributed by atoms with van der Waals surface area (Å²) in [5, 5.41) is 23.7. The number of aliphatic hydroxyl groups is 1. The van der Waals surface area contributed by atoms with E-state index in [2.05, 4.69) is 17.4 Å². The highest BCUT2D eigenvalue weighted by atomic mass is 35.5. The van der Waals surface area contributed by atoms with Crippen LogP contribution in [0.3, 0.4) is 0 Å². The van der Waals surface area contributed by atoms with Crippen molar-refractivity contribution in [3.05, 3.63) is 99.6 Å². The summed E-state index contributed by atoms with van der Waals surface area (Å²) in [5.41, 5.74) is 4.58. The summed E-state index contributed by atoms with van der Waals surface area (Å²) in [6.07, 6.45) is 2.06. The average molecular weight is 466 g/mol. The molecule has 0 saturated heterocycles. The van der Waals surface area contributed by atoms with Crippen molar-refractivity contribution >= 4 is 17.6 Å². The molecule has 1 aliphatic carbocycles. The Bertz CT molecular complexity index is 1120. The number of carboxylic acids is 1. The Labute approximate surface area is 199 Å². The van der Waals surface area contributed by atoms with Crippen LogP contribution in [0.2, 0.25) is 5.02 Å². The van der Waals surface area contributed by atoms with Crippen molar-refractivity contribution in [1.29, 1.82) is 0 Å². The second-order valence-electron chi connectivity index (χ2n) is 8.54. The van der Waals surface area contributed by atoms with Crippen LogP contribution in [0.25, 0.3) is 0 Å². The molecule has 1 unspecified atom stereocenters. The van der Waals surface area contributed by atoms with Gasteiger partial charge >= 0.3 is 5.97 Å². The van der Waals surface area contributed by atoms with E-state index >= 15 is 0 Å². The molecule has 3 aromatic rings. The van der Waals surface area contributed by atoms with Crippen molar-refractivity contribution in [2.24, 2.45) is 0 Å². The molecule has 0 aliphatic heterocycles. The van der Waals surface area contributed by atoms with Crippen LogP contribution in [-0.2, 0) is 12.8 Å². The lowest BCUT2D eigenvalue weighted by Gasteiger charge is -2.27. The van der Waals surface area contributed by atoms with Crippen LogP contribution in [-0.4, -0.2) is 28.8 Å².